The number of morpholine rings is 1. The first-order valence-corrected chi connectivity index (χ1v) is 8.60. The van der Waals surface area contributed by atoms with Crippen LogP contribution in [0.2, 0.25) is 0 Å². The summed E-state index contributed by atoms with van der Waals surface area (Å²) in [6, 6.07) is 4.73. The number of nitrogens with one attached hydrogen (secondary N) is 1. The van der Waals surface area contributed by atoms with Crippen LogP contribution in [0.1, 0.15) is 29.5 Å². The molecule has 21 heavy (non-hydrogen) atoms. The van der Waals surface area contributed by atoms with E-state index in [0.717, 1.165) is 45.7 Å². The van der Waals surface area contributed by atoms with E-state index in [9.17, 15) is 4.79 Å². The Bertz CT molecular complexity index is 441. The molecule has 1 N–H and O–H groups in total. The summed E-state index contributed by atoms with van der Waals surface area (Å²) in [6.07, 6.45) is 2.47. The van der Waals surface area contributed by atoms with E-state index >= 15 is 0 Å². The van der Waals surface area contributed by atoms with Crippen LogP contribution in [-0.4, -0.2) is 49.7 Å². The molecule has 1 aliphatic rings. The fraction of sp³-hybridized carbons (Fsp3) is 0.688. The molecule has 0 spiro atoms. The molecule has 1 amide bonds. The lowest BCUT2D eigenvalue weighted by Gasteiger charge is -2.32. The Balaban J connectivity index is 1.58. The van der Waals surface area contributed by atoms with E-state index in [2.05, 4.69) is 36.2 Å². The Morgan fingerprint density at radius 3 is 2.86 bits per heavy atom. The van der Waals surface area contributed by atoms with Crippen LogP contribution >= 0.6 is 11.3 Å². The predicted octanol–water partition coefficient (Wildman–Crippen LogP) is 2.22. The summed E-state index contributed by atoms with van der Waals surface area (Å²) in [5.74, 6) is 0.170. The number of nitrogens with zero attached hydrogens (tertiary/aromatic N) is 1. The minimum Gasteiger partial charge on any atom is -0.379 e. The lowest BCUT2D eigenvalue weighted by Crippen LogP contribution is -2.42. The van der Waals surface area contributed by atoms with Crippen molar-refractivity contribution in [2.45, 2.75) is 39.2 Å². The van der Waals surface area contributed by atoms with Crippen LogP contribution in [-0.2, 0) is 16.0 Å². The van der Waals surface area contributed by atoms with Gasteiger partial charge in [0.05, 0.1) is 13.2 Å². The first-order valence-electron chi connectivity index (χ1n) is 7.79. The number of amides is 1. The number of thiophene rings is 1. The smallest absolute Gasteiger partial charge is 0.220 e. The highest BCUT2D eigenvalue weighted by Gasteiger charge is 2.17. The molecular weight excluding hydrogens is 284 g/mol. The third kappa shape index (κ3) is 5.77. The second-order valence-electron chi connectivity index (χ2n) is 5.65. The summed E-state index contributed by atoms with van der Waals surface area (Å²) in [4.78, 5) is 17.0. The van der Waals surface area contributed by atoms with Gasteiger partial charge in [0.1, 0.15) is 0 Å². The quantitative estimate of drug-likeness (QED) is 0.839. The number of ether oxygens (including phenoxy) is 1. The molecule has 0 aliphatic carbocycles. The molecule has 1 fully saturated rings. The summed E-state index contributed by atoms with van der Waals surface area (Å²) < 4.78 is 5.35. The molecule has 0 saturated carbocycles. The summed E-state index contributed by atoms with van der Waals surface area (Å²) >= 11 is 1.81. The lowest BCUT2D eigenvalue weighted by molar-refractivity contribution is -0.121. The second-order valence-corrected chi connectivity index (χ2v) is 7.02. The highest BCUT2D eigenvalue weighted by Crippen LogP contribution is 2.15. The van der Waals surface area contributed by atoms with Gasteiger partial charge in [-0.2, -0.15) is 0 Å². The van der Waals surface area contributed by atoms with Gasteiger partial charge in [-0.1, -0.05) is 0 Å². The van der Waals surface area contributed by atoms with Crippen molar-refractivity contribution < 1.29 is 9.53 Å². The maximum Gasteiger partial charge on any atom is 0.220 e. The van der Waals surface area contributed by atoms with Gasteiger partial charge in [0.2, 0.25) is 5.91 Å². The number of rotatable bonds is 7. The summed E-state index contributed by atoms with van der Waals surface area (Å²) in [5.41, 5.74) is 0. The Labute approximate surface area is 131 Å². The van der Waals surface area contributed by atoms with Crippen LogP contribution in [0.5, 0.6) is 0 Å². The Morgan fingerprint density at radius 2 is 2.19 bits per heavy atom. The van der Waals surface area contributed by atoms with Gasteiger partial charge in [-0.25, -0.2) is 0 Å². The van der Waals surface area contributed by atoms with Crippen LogP contribution in [0.3, 0.4) is 0 Å². The van der Waals surface area contributed by atoms with Crippen molar-refractivity contribution in [3.8, 4) is 0 Å². The minimum absolute atomic E-state index is 0.170. The van der Waals surface area contributed by atoms with E-state index in [1.54, 1.807) is 11.3 Å². The Kier molecular flexibility index (Phi) is 6.67. The zero-order chi connectivity index (χ0) is 15.1. The topological polar surface area (TPSA) is 41.6 Å². The summed E-state index contributed by atoms with van der Waals surface area (Å²) in [6.45, 7) is 8.66. The lowest BCUT2D eigenvalue weighted by atomic mass is 10.1. The first-order chi connectivity index (χ1) is 10.1. The molecule has 2 heterocycles. The average molecular weight is 310 g/mol. The fourth-order valence-electron chi connectivity index (χ4n) is 2.57. The van der Waals surface area contributed by atoms with Gasteiger partial charge in [-0.05, 0) is 38.8 Å². The van der Waals surface area contributed by atoms with Crippen molar-refractivity contribution in [3.63, 3.8) is 0 Å². The standard InChI is InChI=1S/C16H26N2O2S/c1-13(18-9-11-20-12-10-18)3-6-16(19)17-8-7-15-5-4-14(2)21-15/h4-5,13H,3,6-12H2,1-2H3,(H,17,19). The monoisotopic (exact) mass is 310 g/mol. The minimum atomic E-state index is 0.170. The third-order valence-electron chi connectivity index (χ3n) is 3.95. The summed E-state index contributed by atoms with van der Waals surface area (Å²) in [5, 5.41) is 3.02. The van der Waals surface area contributed by atoms with Crippen LogP contribution < -0.4 is 5.32 Å². The fourth-order valence-corrected chi connectivity index (χ4v) is 3.46. The normalized spacial score (nSPS) is 17.6. The van der Waals surface area contributed by atoms with Crippen molar-refractivity contribution in [3.05, 3.63) is 21.9 Å². The zero-order valence-electron chi connectivity index (χ0n) is 13.1. The van der Waals surface area contributed by atoms with Gasteiger partial charge in [-0.3, -0.25) is 9.69 Å². The molecule has 1 aromatic heterocycles. The van der Waals surface area contributed by atoms with Crippen LogP contribution in [0.4, 0.5) is 0 Å². The molecule has 0 aromatic carbocycles. The molecule has 0 radical (unpaired) electrons. The van der Waals surface area contributed by atoms with E-state index in [0.29, 0.717) is 12.5 Å². The van der Waals surface area contributed by atoms with Gasteiger partial charge >= 0.3 is 0 Å². The molecule has 0 bridgehead atoms. The summed E-state index contributed by atoms with van der Waals surface area (Å²) in [7, 11) is 0. The van der Waals surface area contributed by atoms with E-state index < -0.39 is 0 Å². The van der Waals surface area contributed by atoms with E-state index in [1.165, 1.54) is 9.75 Å². The van der Waals surface area contributed by atoms with Gasteiger partial charge in [0, 0.05) is 41.9 Å². The number of carbonyl (C=O) groups is 1. The van der Waals surface area contributed by atoms with Crippen LogP contribution in [0, 0.1) is 6.92 Å². The molecule has 1 aliphatic heterocycles. The molecule has 1 unspecified atom stereocenters. The van der Waals surface area contributed by atoms with Gasteiger partial charge in [0.25, 0.3) is 0 Å². The van der Waals surface area contributed by atoms with Gasteiger partial charge in [0.15, 0.2) is 0 Å². The van der Waals surface area contributed by atoms with E-state index in [1.807, 2.05) is 0 Å². The van der Waals surface area contributed by atoms with Crippen LogP contribution in [0.25, 0.3) is 0 Å². The van der Waals surface area contributed by atoms with E-state index in [4.69, 9.17) is 4.74 Å². The maximum absolute atomic E-state index is 11.9. The third-order valence-corrected chi connectivity index (χ3v) is 5.01. The van der Waals surface area contributed by atoms with Crippen molar-refractivity contribution in [1.82, 2.24) is 10.2 Å². The largest absolute Gasteiger partial charge is 0.379 e. The molecule has 4 nitrogen and oxygen atoms in total. The zero-order valence-corrected chi connectivity index (χ0v) is 13.9. The maximum atomic E-state index is 11.9. The van der Waals surface area contributed by atoms with Crippen LogP contribution in [0.15, 0.2) is 12.1 Å². The number of hydrogen-bond donors (Lipinski definition) is 1. The highest BCUT2D eigenvalue weighted by atomic mass is 32.1. The second kappa shape index (κ2) is 8.51. The molecule has 5 heteroatoms. The Hall–Kier alpha value is -0.910. The van der Waals surface area contributed by atoms with Crippen molar-refractivity contribution in [1.29, 1.82) is 0 Å². The molecule has 2 rings (SSSR count). The molecule has 1 saturated heterocycles. The molecule has 1 aromatic rings. The molecular formula is C16H26N2O2S. The molecule has 118 valence electrons. The number of carbonyl (C=O) groups excluding carboxylic acids is 1. The predicted molar refractivity (Wildman–Crippen MR) is 86.9 cm³/mol. The Morgan fingerprint density at radius 1 is 1.43 bits per heavy atom. The van der Waals surface area contributed by atoms with Crippen molar-refractivity contribution in [2.75, 3.05) is 32.8 Å². The van der Waals surface area contributed by atoms with Crippen molar-refractivity contribution >= 4 is 17.2 Å². The number of aryl methyl sites for hydroxylation is 1. The highest BCUT2D eigenvalue weighted by molar-refractivity contribution is 7.11. The molecule has 1 atom stereocenters. The average Bonchev–Trinajstić information content (AvgIpc) is 2.91. The first kappa shape index (κ1) is 16.5. The van der Waals surface area contributed by atoms with Gasteiger partial charge in [-0.15, -0.1) is 11.3 Å². The van der Waals surface area contributed by atoms with Gasteiger partial charge < -0.3 is 10.1 Å². The number of hydrogen-bond acceptors (Lipinski definition) is 4. The SMILES string of the molecule is Cc1ccc(CCNC(=O)CCC(C)N2CCOCC2)s1. The van der Waals surface area contributed by atoms with E-state index in [-0.39, 0.29) is 5.91 Å². The van der Waals surface area contributed by atoms with Crippen molar-refractivity contribution in [2.24, 2.45) is 0 Å².